The van der Waals surface area contributed by atoms with Gasteiger partial charge >= 0.3 is 0 Å². The molecule has 26 heavy (non-hydrogen) atoms. The molecule has 1 heterocycles. The number of ether oxygens (including phenoxy) is 1. The highest BCUT2D eigenvalue weighted by molar-refractivity contribution is 6.31. The highest BCUT2D eigenvalue weighted by Crippen LogP contribution is 2.25. The van der Waals surface area contributed by atoms with Crippen LogP contribution in [0.5, 0.6) is 0 Å². The molecule has 6 heteroatoms. The van der Waals surface area contributed by atoms with E-state index in [2.05, 4.69) is 20.6 Å². The van der Waals surface area contributed by atoms with Crippen LogP contribution >= 0.6 is 11.6 Å². The summed E-state index contributed by atoms with van der Waals surface area (Å²) in [5.41, 5.74) is 3.72. The van der Waals surface area contributed by atoms with Crippen LogP contribution < -0.4 is 10.6 Å². The van der Waals surface area contributed by atoms with E-state index in [4.69, 9.17) is 16.3 Å². The second kappa shape index (κ2) is 8.65. The van der Waals surface area contributed by atoms with E-state index in [9.17, 15) is 0 Å². The van der Waals surface area contributed by atoms with Crippen molar-refractivity contribution in [3.8, 4) is 11.3 Å². The van der Waals surface area contributed by atoms with Crippen LogP contribution in [0.4, 0.5) is 17.5 Å². The Hall–Kier alpha value is -2.63. The maximum absolute atomic E-state index is 6.22. The van der Waals surface area contributed by atoms with Crippen molar-refractivity contribution in [3.63, 3.8) is 0 Å². The molecule has 0 saturated carbocycles. The van der Waals surface area contributed by atoms with Gasteiger partial charge in [-0.2, -0.15) is 4.98 Å². The van der Waals surface area contributed by atoms with Gasteiger partial charge < -0.3 is 15.4 Å². The molecular weight excluding hydrogens is 348 g/mol. The lowest BCUT2D eigenvalue weighted by Gasteiger charge is -2.12. The number of halogens is 1. The average Bonchev–Trinajstić information content (AvgIpc) is 2.66. The van der Waals surface area contributed by atoms with Gasteiger partial charge in [0.15, 0.2) is 0 Å². The van der Waals surface area contributed by atoms with Crippen LogP contribution in [0.2, 0.25) is 5.02 Å². The zero-order chi connectivity index (χ0) is 18.4. The first kappa shape index (κ1) is 18.2. The third-order valence-corrected chi connectivity index (χ3v) is 4.24. The number of nitrogens with zero attached hydrogens (tertiary/aromatic N) is 2. The van der Waals surface area contributed by atoms with Gasteiger partial charge in [-0.15, -0.1) is 0 Å². The minimum atomic E-state index is 0.506. The zero-order valence-corrected chi connectivity index (χ0v) is 15.5. The van der Waals surface area contributed by atoms with E-state index in [1.54, 1.807) is 7.11 Å². The number of hydrogen-bond donors (Lipinski definition) is 2. The Morgan fingerprint density at radius 2 is 1.85 bits per heavy atom. The standard InChI is InChI=1S/C20H21ClN4O/c1-14-8-9-16(12-17(14)21)23-20-24-18(15-6-4-3-5-7-15)13-19(25-20)22-10-11-26-2/h3-9,12-13H,10-11H2,1-2H3,(H2,22,23,24,25). The molecule has 134 valence electrons. The largest absolute Gasteiger partial charge is 0.383 e. The molecule has 1 aromatic heterocycles. The summed E-state index contributed by atoms with van der Waals surface area (Å²) < 4.78 is 5.09. The Labute approximate surface area is 158 Å². The Balaban J connectivity index is 1.91. The van der Waals surface area contributed by atoms with Gasteiger partial charge in [-0.25, -0.2) is 4.98 Å². The van der Waals surface area contributed by atoms with Crippen molar-refractivity contribution < 1.29 is 4.74 Å². The van der Waals surface area contributed by atoms with Crippen LogP contribution in [0, 0.1) is 6.92 Å². The number of aryl methyl sites for hydroxylation is 1. The second-order valence-corrected chi connectivity index (χ2v) is 6.24. The van der Waals surface area contributed by atoms with Gasteiger partial charge in [0.2, 0.25) is 5.95 Å². The predicted octanol–water partition coefficient (Wildman–Crippen LogP) is 4.91. The number of benzene rings is 2. The molecule has 0 fully saturated rings. The topological polar surface area (TPSA) is 59.1 Å². The van der Waals surface area contributed by atoms with Crippen LogP contribution in [-0.2, 0) is 4.74 Å². The maximum atomic E-state index is 6.22. The van der Waals surface area contributed by atoms with E-state index in [0.29, 0.717) is 24.1 Å². The highest BCUT2D eigenvalue weighted by Gasteiger charge is 2.08. The van der Waals surface area contributed by atoms with E-state index in [-0.39, 0.29) is 0 Å². The van der Waals surface area contributed by atoms with Crippen molar-refractivity contribution in [2.45, 2.75) is 6.92 Å². The van der Waals surface area contributed by atoms with Crippen LogP contribution in [-0.4, -0.2) is 30.2 Å². The fraction of sp³-hybridized carbons (Fsp3) is 0.200. The minimum absolute atomic E-state index is 0.506. The van der Waals surface area contributed by atoms with Crippen LogP contribution in [0.1, 0.15) is 5.56 Å². The van der Waals surface area contributed by atoms with E-state index in [0.717, 1.165) is 28.3 Å². The van der Waals surface area contributed by atoms with Gasteiger partial charge in [0.25, 0.3) is 0 Å². The lowest BCUT2D eigenvalue weighted by atomic mass is 10.1. The van der Waals surface area contributed by atoms with Gasteiger partial charge in [-0.1, -0.05) is 48.0 Å². The predicted molar refractivity (Wildman–Crippen MR) is 107 cm³/mol. The van der Waals surface area contributed by atoms with Gasteiger partial charge in [-0.3, -0.25) is 0 Å². The van der Waals surface area contributed by atoms with Crippen LogP contribution in [0.3, 0.4) is 0 Å². The van der Waals surface area contributed by atoms with Crippen molar-refractivity contribution in [2.24, 2.45) is 0 Å². The molecule has 0 atom stereocenters. The van der Waals surface area contributed by atoms with Gasteiger partial charge in [-0.05, 0) is 24.6 Å². The number of rotatable bonds is 7. The number of hydrogen-bond acceptors (Lipinski definition) is 5. The lowest BCUT2D eigenvalue weighted by Crippen LogP contribution is -2.10. The van der Waals surface area contributed by atoms with E-state index >= 15 is 0 Å². The highest BCUT2D eigenvalue weighted by atomic mass is 35.5. The van der Waals surface area contributed by atoms with Crippen molar-refractivity contribution in [1.29, 1.82) is 0 Å². The van der Waals surface area contributed by atoms with E-state index in [1.807, 2.05) is 61.5 Å². The van der Waals surface area contributed by atoms with E-state index in [1.165, 1.54) is 0 Å². The van der Waals surface area contributed by atoms with Crippen LogP contribution in [0.25, 0.3) is 11.3 Å². The number of nitrogens with one attached hydrogen (secondary N) is 2. The van der Waals surface area contributed by atoms with Crippen molar-refractivity contribution in [2.75, 3.05) is 30.9 Å². The summed E-state index contributed by atoms with van der Waals surface area (Å²) in [6, 6.07) is 17.7. The van der Waals surface area contributed by atoms with Crippen molar-refractivity contribution >= 4 is 29.1 Å². The Bertz CT molecular complexity index is 871. The molecular formula is C20H21ClN4O. The smallest absolute Gasteiger partial charge is 0.229 e. The number of aromatic nitrogens is 2. The maximum Gasteiger partial charge on any atom is 0.229 e. The summed E-state index contributed by atoms with van der Waals surface area (Å²) in [5, 5.41) is 7.20. The van der Waals surface area contributed by atoms with Gasteiger partial charge in [0, 0.05) is 36.0 Å². The molecule has 2 aromatic carbocycles. The fourth-order valence-electron chi connectivity index (χ4n) is 2.43. The summed E-state index contributed by atoms with van der Waals surface area (Å²) in [6.45, 7) is 3.23. The molecule has 0 unspecified atom stereocenters. The molecule has 0 aliphatic rings. The molecule has 0 aliphatic heterocycles. The van der Waals surface area contributed by atoms with Crippen LogP contribution in [0.15, 0.2) is 54.6 Å². The number of methoxy groups -OCH3 is 1. The lowest BCUT2D eigenvalue weighted by molar-refractivity contribution is 0.210. The summed E-state index contributed by atoms with van der Waals surface area (Å²) in [5.74, 6) is 1.24. The van der Waals surface area contributed by atoms with E-state index < -0.39 is 0 Å². The Morgan fingerprint density at radius 3 is 2.58 bits per heavy atom. The first-order chi connectivity index (χ1) is 12.7. The minimum Gasteiger partial charge on any atom is -0.383 e. The Morgan fingerprint density at radius 1 is 1.04 bits per heavy atom. The molecule has 3 rings (SSSR count). The average molecular weight is 369 g/mol. The molecule has 2 N–H and O–H groups in total. The molecule has 0 bridgehead atoms. The van der Waals surface area contributed by atoms with Crippen molar-refractivity contribution in [1.82, 2.24) is 9.97 Å². The molecule has 0 radical (unpaired) electrons. The SMILES string of the molecule is COCCNc1cc(-c2ccccc2)nc(Nc2ccc(C)c(Cl)c2)n1. The molecule has 0 aliphatic carbocycles. The zero-order valence-electron chi connectivity index (χ0n) is 14.8. The first-order valence-electron chi connectivity index (χ1n) is 8.36. The summed E-state index contributed by atoms with van der Waals surface area (Å²) in [4.78, 5) is 9.19. The third kappa shape index (κ3) is 4.71. The van der Waals surface area contributed by atoms with Gasteiger partial charge in [0.05, 0.1) is 12.3 Å². The quantitative estimate of drug-likeness (QED) is 0.580. The second-order valence-electron chi connectivity index (χ2n) is 5.84. The molecule has 0 saturated heterocycles. The molecule has 5 nitrogen and oxygen atoms in total. The molecule has 0 spiro atoms. The molecule has 0 amide bonds. The third-order valence-electron chi connectivity index (χ3n) is 3.84. The fourth-order valence-corrected chi connectivity index (χ4v) is 2.61. The monoisotopic (exact) mass is 368 g/mol. The Kier molecular flexibility index (Phi) is 6.04. The van der Waals surface area contributed by atoms with Gasteiger partial charge in [0.1, 0.15) is 5.82 Å². The normalized spacial score (nSPS) is 10.6. The summed E-state index contributed by atoms with van der Waals surface area (Å²) in [6.07, 6.45) is 0. The summed E-state index contributed by atoms with van der Waals surface area (Å²) >= 11 is 6.22. The number of anilines is 3. The summed E-state index contributed by atoms with van der Waals surface area (Å²) in [7, 11) is 1.67. The first-order valence-corrected chi connectivity index (χ1v) is 8.74. The molecule has 3 aromatic rings. The van der Waals surface area contributed by atoms with Crippen molar-refractivity contribution in [3.05, 3.63) is 65.2 Å².